The normalized spacial score (nSPS) is 17.4. The highest BCUT2D eigenvalue weighted by atomic mass is 32.2. The monoisotopic (exact) mass is 416 g/mol. The molecule has 7 heteroatoms. The molecule has 156 valence electrons. The van der Waals surface area contributed by atoms with E-state index in [-0.39, 0.29) is 23.7 Å². The van der Waals surface area contributed by atoms with Crippen molar-refractivity contribution in [2.45, 2.75) is 54.6 Å². The van der Waals surface area contributed by atoms with Crippen molar-refractivity contribution >= 4 is 15.7 Å². The van der Waals surface area contributed by atoms with Crippen molar-refractivity contribution in [1.29, 1.82) is 0 Å². The summed E-state index contributed by atoms with van der Waals surface area (Å²) in [6.07, 6.45) is 8.54. The zero-order chi connectivity index (χ0) is 20.9. The van der Waals surface area contributed by atoms with Crippen LogP contribution in [0.1, 0.15) is 44.1 Å². The number of aromatic nitrogens is 1. The first-order valence-corrected chi connectivity index (χ1v) is 11.4. The minimum absolute atomic E-state index is 0.0149. The maximum absolute atomic E-state index is 13.8. The molecule has 1 fully saturated rings. The number of amides is 1. The molecule has 0 spiro atoms. The third-order valence-electron chi connectivity index (χ3n) is 5.89. The van der Waals surface area contributed by atoms with Crippen LogP contribution in [0.5, 0.6) is 5.75 Å². The number of primary amides is 1. The Kier molecular flexibility index (Phi) is 6.57. The highest BCUT2D eigenvalue weighted by Crippen LogP contribution is 2.39. The van der Waals surface area contributed by atoms with Crippen LogP contribution < -0.4 is 10.5 Å². The van der Waals surface area contributed by atoms with E-state index in [2.05, 4.69) is 4.98 Å². The summed E-state index contributed by atoms with van der Waals surface area (Å²) in [5, 5.41) is 0. The van der Waals surface area contributed by atoms with E-state index in [0.717, 1.165) is 32.1 Å². The van der Waals surface area contributed by atoms with Gasteiger partial charge in [-0.05, 0) is 48.2 Å². The lowest BCUT2D eigenvalue weighted by Crippen LogP contribution is -2.53. The molecule has 2 aromatic rings. The van der Waals surface area contributed by atoms with Crippen molar-refractivity contribution in [2.75, 3.05) is 7.11 Å². The Hall–Kier alpha value is -2.41. The van der Waals surface area contributed by atoms with Gasteiger partial charge in [0.25, 0.3) is 0 Å². The fraction of sp³-hybridized carbons (Fsp3) is 0.455. The second-order valence-electron chi connectivity index (χ2n) is 7.78. The van der Waals surface area contributed by atoms with Gasteiger partial charge in [-0.25, -0.2) is 8.42 Å². The molecule has 1 saturated carbocycles. The number of nitrogens with zero attached hydrogens (tertiary/aromatic N) is 1. The van der Waals surface area contributed by atoms with Gasteiger partial charge in [0.1, 0.15) is 5.75 Å². The summed E-state index contributed by atoms with van der Waals surface area (Å²) < 4.78 is 31.0. The molecule has 1 amide bonds. The second kappa shape index (κ2) is 8.95. The Morgan fingerprint density at radius 2 is 1.86 bits per heavy atom. The molecule has 2 N–H and O–H groups in total. The van der Waals surface area contributed by atoms with Gasteiger partial charge < -0.3 is 10.5 Å². The summed E-state index contributed by atoms with van der Waals surface area (Å²) in [5.74, 6) is -0.100. The fourth-order valence-corrected chi connectivity index (χ4v) is 6.29. The topological polar surface area (TPSA) is 99.3 Å². The van der Waals surface area contributed by atoms with Crippen molar-refractivity contribution in [2.24, 2.45) is 11.7 Å². The van der Waals surface area contributed by atoms with E-state index in [4.69, 9.17) is 10.5 Å². The predicted molar refractivity (Wildman–Crippen MR) is 111 cm³/mol. The Labute approximate surface area is 172 Å². The van der Waals surface area contributed by atoms with Crippen LogP contribution in [0, 0.1) is 5.92 Å². The van der Waals surface area contributed by atoms with Crippen molar-refractivity contribution in [1.82, 2.24) is 4.98 Å². The first kappa shape index (κ1) is 21.3. The molecule has 29 heavy (non-hydrogen) atoms. The van der Waals surface area contributed by atoms with Crippen LogP contribution in [-0.2, 0) is 21.1 Å². The first-order valence-electron chi connectivity index (χ1n) is 9.96. The van der Waals surface area contributed by atoms with Crippen LogP contribution in [0.15, 0.2) is 53.7 Å². The summed E-state index contributed by atoms with van der Waals surface area (Å²) in [5.41, 5.74) is 6.53. The molecule has 1 aromatic heterocycles. The molecule has 0 aliphatic heterocycles. The number of hydrogen-bond donors (Lipinski definition) is 1. The molecular weight excluding hydrogens is 388 g/mol. The third-order valence-corrected chi connectivity index (χ3v) is 8.32. The van der Waals surface area contributed by atoms with Crippen LogP contribution in [-0.4, -0.2) is 31.2 Å². The van der Waals surface area contributed by atoms with Gasteiger partial charge in [-0.3, -0.25) is 9.78 Å². The minimum atomic E-state index is -4.04. The Bertz CT molecular complexity index is 923. The van der Waals surface area contributed by atoms with Gasteiger partial charge in [0.05, 0.1) is 12.0 Å². The molecule has 1 aliphatic carbocycles. The van der Waals surface area contributed by atoms with Crippen molar-refractivity contribution in [3.05, 3.63) is 54.4 Å². The Morgan fingerprint density at radius 3 is 2.41 bits per heavy atom. The number of ether oxygens (including phenoxy) is 1. The summed E-state index contributed by atoms with van der Waals surface area (Å²) in [7, 11) is -2.53. The number of nitrogens with two attached hydrogens (primary N) is 1. The molecule has 1 aromatic carbocycles. The number of carbonyl (C=O) groups excluding carboxylic acids is 1. The zero-order valence-corrected chi connectivity index (χ0v) is 17.5. The number of carbonyl (C=O) groups is 1. The average Bonchev–Trinajstić information content (AvgIpc) is 2.74. The molecule has 1 aliphatic rings. The summed E-state index contributed by atoms with van der Waals surface area (Å²) in [6, 6.07) is 9.66. The molecule has 1 atom stereocenters. The maximum atomic E-state index is 13.8. The summed E-state index contributed by atoms with van der Waals surface area (Å²) >= 11 is 0. The molecule has 0 bridgehead atoms. The molecule has 3 rings (SSSR count). The summed E-state index contributed by atoms with van der Waals surface area (Å²) in [4.78, 5) is 17.0. The van der Waals surface area contributed by atoms with Gasteiger partial charge in [0.15, 0.2) is 14.6 Å². The van der Waals surface area contributed by atoms with E-state index in [1.807, 2.05) is 0 Å². The van der Waals surface area contributed by atoms with Gasteiger partial charge in [0.2, 0.25) is 5.91 Å². The molecular formula is C22H28N2O4S. The lowest BCUT2D eigenvalue weighted by atomic mass is 9.80. The number of methoxy groups -OCH3 is 1. The average molecular weight is 417 g/mol. The van der Waals surface area contributed by atoms with Gasteiger partial charge in [0, 0.05) is 18.8 Å². The predicted octanol–water partition coefficient (Wildman–Crippen LogP) is 3.30. The molecule has 6 nitrogen and oxygen atoms in total. The molecule has 1 unspecified atom stereocenters. The maximum Gasteiger partial charge on any atom is 0.239 e. The zero-order valence-electron chi connectivity index (χ0n) is 16.7. The molecule has 0 saturated heterocycles. The number of benzene rings is 1. The Balaban J connectivity index is 2.08. The minimum Gasteiger partial charge on any atom is -0.497 e. The van der Waals surface area contributed by atoms with E-state index >= 15 is 0 Å². The summed E-state index contributed by atoms with van der Waals surface area (Å²) in [6.45, 7) is 0. The van der Waals surface area contributed by atoms with Crippen molar-refractivity contribution in [3.8, 4) is 5.75 Å². The third kappa shape index (κ3) is 4.45. The highest BCUT2D eigenvalue weighted by molar-refractivity contribution is 7.93. The quantitative estimate of drug-likeness (QED) is 0.712. The lowest BCUT2D eigenvalue weighted by Gasteiger charge is -2.35. The van der Waals surface area contributed by atoms with Gasteiger partial charge in [-0.2, -0.15) is 0 Å². The number of pyridine rings is 1. The molecule has 1 heterocycles. The number of rotatable bonds is 8. The number of sulfone groups is 1. The standard InChI is InChI=1S/C22H28N2O4S/c1-28-19-9-11-20(12-10-19)29(26,27)22(21(23)25,14-17-6-3-2-4-7-17)15-18-8-5-13-24-16-18/h5,8-13,16-17H,2-4,6-7,14-15H2,1H3,(H2,23,25). The van der Waals surface area contributed by atoms with Crippen LogP contribution in [0.2, 0.25) is 0 Å². The van der Waals surface area contributed by atoms with Crippen LogP contribution in [0.4, 0.5) is 0 Å². The van der Waals surface area contributed by atoms with Crippen molar-refractivity contribution < 1.29 is 17.9 Å². The van der Waals surface area contributed by atoms with Gasteiger partial charge in [-0.15, -0.1) is 0 Å². The lowest BCUT2D eigenvalue weighted by molar-refractivity contribution is -0.121. The largest absolute Gasteiger partial charge is 0.497 e. The number of hydrogen-bond acceptors (Lipinski definition) is 5. The van der Waals surface area contributed by atoms with E-state index in [1.165, 1.54) is 19.2 Å². The Morgan fingerprint density at radius 1 is 1.17 bits per heavy atom. The van der Waals surface area contributed by atoms with Crippen molar-refractivity contribution in [3.63, 3.8) is 0 Å². The smallest absolute Gasteiger partial charge is 0.239 e. The van der Waals surface area contributed by atoms with E-state index in [0.29, 0.717) is 11.3 Å². The van der Waals surface area contributed by atoms with Crippen LogP contribution in [0.3, 0.4) is 0 Å². The van der Waals surface area contributed by atoms with Crippen LogP contribution in [0.25, 0.3) is 0 Å². The van der Waals surface area contributed by atoms with E-state index in [1.54, 1.807) is 36.7 Å². The van der Waals surface area contributed by atoms with Gasteiger partial charge in [-0.1, -0.05) is 38.2 Å². The second-order valence-corrected chi connectivity index (χ2v) is 10.0. The first-order chi connectivity index (χ1) is 13.9. The highest BCUT2D eigenvalue weighted by Gasteiger charge is 2.51. The van der Waals surface area contributed by atoms with E-state index in [9.17, 15) is 13.2 Å². The van der Waals surface area contributed by atoms with E-state index < -0.39 is 20.5 Å². The van der Waals surface area contributed by atoms with Gasteiger partial charge >= 0.3 is 0 Å². The molecule has 0 radical (unpaired) electrons. The van der Waals surface area contributed by atoms with Crippen LogP contribution >= 0.6 is 0 Å². The fourth-order valence-electron chi connectivity index (χ4n) is 4.27. The SMILES string of the molecule is COc1ccc(S(=O)(=O)C(Cc2cccnc2)(CC2CCCCC2)C(N)=O)cc1.